The highest BCUT2D eigenvalue weighted by atomic mass is 32.2. The third-order valence-corrected chi connectivity index (χ3v) is 3.77. The van der Waals surface area contributed by atoms with Crippen molar-refractivity contribution >= 4 is 23.8 Å². The number of nitrogens with one attached hydrogen (secondary N) is 1. The van der Waals surface area contributed by atoms with Crippen molar-refractivity contribution in [3.05, 3.63) is 40.6 Å². The van der Waals surface area contributed by atoms with Crippen molar-refractivity contribution in [2.75, 3.05) is 6.61 Å². The van der Waals surface area contributed by atoms with E-state index in [0.717, 1.165) is 29.5 Å². The van der Waals surface area contributed by atoms with Crippen molar-refractivity contribution in [3.63, 3.8) is 0 Å². The van der Waals surface area contributed by atoms with Gasteiger partial charge in [-0.3, -0.25) is 5.10 Å². The minimum atomic E-state index is -1.26. The predicted octanol–water partition coefficient (Wildman–Crippen LogP) is 2.04. The number of aromatic nitrogens is 3. The van der Waals surface area contributed by atoms with Crippen molar-refractivity contribution in [1.29, 1.82) is 0 Å². The molecule has 6 nitrogen and oxygen atoms in total. The summed E-state index contributed by atoms with van der Waals surface area (Å²) in [6.07, 6.45) is 3.17. The third kappa shape index (κ3) is 5.14. The Labute approximate surface area is 139 Å². The molecule has 0 unspecified atom stereocenters. The van der Waals surface area contributed by atoms with Crippen LogP contribution in [0.5, 0.6) is 5.75 Å². The summed E-state index contributed by atoms with van der Waals surface area (Å²) in [7, 11) is 0. The van der Waals surface area contributed by atoms with Crippen LogP contribution in [0.15, 0.2) is 34.3 Å². The van der Waals surface area contributed by atoms with Crippen LogP contribution >= 0.6 is 11.8 Å². The summed E-state index contributed by atoms with van der Waals surface area (Å²) in [5.74, 6) is 0.208. The standard InChI is InChI=1S/C16H19N3O3S/c1-3-9-22-12-7-5-11(6-8-12)10-13(15(20)21)23-16-17-14(4-2)18-19-16/h5-8,10H,3-4,9H2,1-2H3,(H,20,21)(H,17,18,19)/p-1/b13-10+. The average Bonchev–Trinajstić information content (AvgIpc) is 3.01. The fourth-order valence-corrected chi connectivity index (χ4v) is 2.46. The zero-order valence-corrected chi connectivity index (χ0v) is 13.9. The molecule has 0 saturated heterocycles. The second-order valence-corrected chi connectivity index (χ2v) is 5.74. The number of nitrogens with zero attached hydrogens (tertiary/aromatic N) is 2. The number of carboxylic acids is 1. The molecule has 0 fully saturated rings. The number of carboxylic acid groups (broad SMARTS) is 1. The zero-order valence-electron chi connectivity index (χ0n) is 13.0. The van der Waals surface area contributed by atoms with Gasteiger partial charge in [0.15, 0.2) is 0 Å². The number of hydrogen-bond acceptors (Lipinski definition) is 6. The lowest BCUT2D eigenvalue weighted by atomic mass is 10.2. The van der Waals surface area contributed by atoms with Gasteiger partial charge in [-0.1, -0.05) is 26.0 Å². The minimum absolute atomic E-state index is 0.0499. The van der Waals surface area contributed by atoms with E-state index < -0.39 is 5.97 Å². The van der Waals surface area contributed by atoms with Gasteiger partial charge in [0.1, 0.15) is 11.6 Å². The van der Waals surface area contributed by atoms with Crippen molar-refractivity contribution in [3.8, 4) is 5.75 Å². The quantitative estimate of drug-likeness (QED) is 0.587. The lowest BCUT2D eigenvalue weighted by molar-refractivity contribution is -0.297. The van der Waals surface area contributed by atoms with Crippen LogP contribution in [0.2, 0.25) is 0 Å². The van der Waals surface area contributed by atoms with Gasteiger partial charge in [0.05, 0.1) is 12.6 Å². The Morgan fingerprint density at radius 2 is 2.09 bits per heavy atom. The molecule has 1 aromatic heterocycles. The van der Waals surface area contributed by atoms with Gasteiger partial charge < -0.3 is 14.6 Å². The van der Waals surface area contributed by atoms with E-state index in [-0.39, 0.29) is 4.91 Å². The third-order valence-electron chi connectivity index (χ3n) is 2.90. The molecule has 0 spiro atoms. The second kappa shape index (κ2) is 8.38. The van der Waals surface area contributed by atoms with E-state index in [0.29, 0.717) is 24.0 Å². The van der Waals surface area contributed by atoms with E-state index in [1.54, 1.807) is 24.3 Å². The van der Waals surface area contributed by atoms with Gasteiger partial charge in [0, 0.05) is 11.3 Å². The number of hydrogen-bond donors (Lipinski definition) is 1. The molecule has 0 saturated carbocycles. The molecular weight excluding hydrogens is 314 g/mol. The molecule has 1 N–H and O–H groups in total. The molecule has 0 amide bonds. The molecular formula is C16H18N3O3S-. The molecule has 122 valence electrons. The van der Waals surface area contributed by atoms with E-state index in [1.807, 2.05) is 13.8 Å². The Hall–Kier alpha value is -2.28. The number of carbonyl (C=O) groups is 1. The fraction of sp³-hybridized carbons (Fsp3) is 0.312. The first kappa shape index (κ1) is 17.1. The maximum atomic E-state index is 11.3. The Morgan fingerprint density at radius 3 is 2.65 bits per heavy atom. The van der Waals surface area contributed by atoms with E-state index in [4.69, 9.17) is 4.74 Å². The number of benzene rings is 1. The number of H-pyrrole nitrogens is 1. The molecule has 7 heteroatoms. The van der Waals surface area contributed by atoms with E-state index >= 15 is 0 Å². The first-order valence-corrected chi connectivity index (χ1v) is 8.19. The summed E-state index contributed by atoms with van der Waals surface area (Å²) in [6, 6.07) is 7.20. The zero-order chi connectivity index (χ0) is 16.7. The minimum Gasteiger partial charge on any atom is -0.544 e. The summed E-state index contributed by atoms with van der Waals surface area (Å²) in [5.41, 5.74) is 0.742. The molecule has 0 aliphatic carbocycles. The smallest absolute Gasteiger partial charge is 0.213 e. The molecule has 1 aromatic carbocycles. The van der Waals surface area contributed by atoms with Crippen molar-refractivity contribution in [2.24, 2.45) is 0 Å². The van der Waals surface area contributed by atoms with Crippen LogP contribution in [-0.4, -0.2) is 27.8 Å². The maximum absolute atomic E-state index is 11.3. The van der Waals surface area contributed by atoms with Gasteiger partial charge in [0.25, 0.3) is 0 Å². The second-order valence-electron chi connectivity index (χ2n) is 4.73. The first-order chi connectivity index (χ1) is 11.1. The number of rotatable bonds is 8. The van der Waals surface area contributed by atoms with Crippen molar-refractivity contribution in [1.82, 2.24) is 15.2 Å². The topological polar surface area (TPSA) is 90.9 Å². The molecule has 0 radical (unpaired) electrons. The normalized spacial score (nSPS) is 11.5. The lowest BCUT2D eigenvalue weighted by Gasteiger charge is -2.07. The summed E-state index contributed by atoms with van der Waals surface area (Å²) < 4.78 is 5.49. The molecule has 0 atom stereocenters. The maximum Gasteiger partial charge on any atom is 0.213 e. The number of aryl methyl sites for hydroxylation is 1. The van der Waals surface area contributed by atoms with Gasteiger partial charge in [0.2, 0.25) is 5.16 Å². The van der Waals surface area contributed by atoms with Gasteiger partial charge in [-0.2, -0.15) is 0 Å². The van der Waals surface area contributed by atoms with Crippen LogP contribution in [0.25, 0.3) is 6.08 Å². The Bertz CT molecular complexity index is 680. The van der Waals surface area contributed by atoms with Crippen LogP contribution in [0.4, 0.5) is 0 Å². The van der Waals surface area contributed by atoms with Gasteiger partial charge in [-0.05, 0) is 42.0 Å². The Balaban J connectivity index is 2.13. The molecule has 0 aliphatic heterocycles. The Kier molecular flexibility index (Phi) is 6.22. The van der Waals surface area contributed by atoms with Crippen LogP contribution in [0.1, 0.15) is 31.7 Å². The van der Waals surface area contributed by atoms with Crippen molar-refractivity contribution in [2.45, 2.75) is 31.8 Å². The predicted molar refractivity (Wildman–Crippen MR) is 86.8 cm³/mol. The summed E-state index contributed by atoms with van der Waals surface area (Å²) in [6.45, 7) is 4.63. The van der Waals surface area contributed by atoms with Crippen LogP contribution in [-0.2, 0) is 11.2 Å². The van der Waals surface area contributed by atoms with Crippen LogP contribution in [0.3, 0.4) is 0 Å². The SMILES string of the molecule is CCCOc1ccc(/C=C(/Sc2n[nH]c(CC)n2)C(=O)[O-])cc1. The molecule has 2 aromatic rings. The first-order valence-electron chi connectivity index (χ1n) is 7.37. The van der Waals surface area contributed by atoms with Crippen molar-refractivity contribution < 1.29 is 14.6 Å². The highest BCUT2D eigenvalue weighted by molar-refractivity contribution is 8.04. The van der Waals surface area contributed by atoms with E-state index in [1.165, 1.54) is 6.08 Å². The summed E-state index contributed by atoms with van der Waals surface area (Å²) in [4.78, 5) is 15.5. The highest BCUT2D eigenvalue weighted by Crippen LogP contribution is 2.25. The molecule has 1 heterocycles. The number of aliphatic carboxylic acids is 1. The lowest BCUT2D eigenvalue weighted by Crippen LogP contribution is -2.23. The number of aromatic amines is 1. The van der Waals surface area contributed by atoms with Gasteiger partial charge >= 0.3 is 0 Å². The van der Waals surface area contributed by atoms with E-state index in [2.05, 4.69) is 15.2 Å². The van der Waals surface area contributed by atoms with Crippen LogP contribution in [0, 0.1) is 0 Å². The molecule has 0 aliphatic rings. The summed E-state index contributed by atoms with van der Waals surface area (Å²) in [5, 5.41) is 18.4. The monoisotopic (exact) mass is 332 g/mol. The summed E-state index contributed by atoms with van der Waals surface area (Å²) >= 11 is 0.960. The van der Waals surface area contributed by atoms with E-state index in [9.17, 15) is 9.90 Å². The molecule has 0 bridgehead atoms. The molecule has 2 rings (SSSR count). The largest absolute Gasteiger partial charge is 0.544 e. The number of ether oxygens (including phenoxy) is 1. The number of thioether (sulfide) groups is 1. The fourth-order valence-electron chi connectivity index (χ4n) is 1.74. The Morgan fingerprint density at radius 1 is 1.35 bits per heavy atom. The van der Waals surface area contributed by atoms with Crippen LogP contribution < -0.4 is 9.84 Å². The van der Waals surface area contributed by atoms with Gasteiger partial charge in [-0.15, -0.1) is 5.10 Å². The highest BCUT2D eigenvalue weighted by Gasteiger charge is 2.08. The molecule has 23 heavy (non-hydrogen) atoms. The number of carbonyl (C=O) groups excluding carboxylic acids is 1. The average molecular weight is 332 g/mol. The van der Waals surface area contributed by atoms with Gasteiger partial charge in [-0.25, -0.2) is 4.98 Å².